The molecule has 1 aromatic rings. The Bertz CT molecular complexity index is 549. The molecule has 0 radical (unpaired) electrons. The number of para-hydroxylation sites is 1. The number of piperidine rings is 1. The van der Waals surface area contributed by atoms with Gasteiger partial charge in [-0.05, 0) is 31.4 Å². The van der Waals surface area contributed by atoms with Crippen LogP contribution in [0.15, 0.2) is 24.3 Å². The van der Waals surface area contributed by atoms with Gasteiger partial charge in [0.2, 0.25) is 5.91 Å². The van der Waals surface area contributed by atoms with Crippen molar-refractivity contribution in [2.24, 2.45) is 5.92 Å². The topological polar surface area (TPSA) is 61.8 Å². The van der Waals surface area contributed by atoms with Gasteiger partial charge in [-0.2, -0.15) is 0 Å². The maximum atomic E-state index is 12.5. The van der Waals surface area contributed by atoms with Gasteiger partial charge in [-0.15, -0.1) is 0 Å². The number of aliphatic hydroxyl groups excluding tert-OH is 1. The lowest BCUT2D eigenvalue weighted by molar-refractivity contribution is -0.124. The van der Waals surface area contributed by atoms with Crippen molar-refractivity contribution in [3.63, 3.8) is 0 Å². The molecule has 126 valence electrons. The van der Waals surface area contributed by atoms with E-state index in [1.165, 1.54) is 0 Å². The number of benzene rings is 1. The molecule has 1 saturated heterocycles. The molecule has 0 saturated carbocycles. The Balaban J connectivity index is 1.62. The van der Waals surface area contributed by atoms with Crippen molar-refractivity contribution in [2.45, 2.75) is 38.3 Å². The maximum absolute atomic E-state index is 12.5. The number of aliphatic hydroxyl groups is 1. The van der Waals surface area contributed by atoms with Gasteiger partial charge in [-0.3, -0.25) is 9.69 Å². The third-order valence-electron chi connectivity index (χ3n) is 5.06. The lowest BCUT2D eigenvalue weighted by Crippen LogP contribution is -2.50. The lowest BCUT2D eigenvalue weighted by Gasteiger charge is -2.38. The smallest absolute Gasteiger partial charge is 0.234 e. The lowest BCUT2D eigenvalue weighted by atomic mass is 9.91. The summed E-state index contributed by atoms with van der Waals surface area (Å²) in [6, 6.07) is 7.99. The number of nitrogens with zero attached hydrogens (tertiary/aromatic N) is 1. The SMILES string of the molecule is CC1CCCN(CC(=O)NC2CCOc3ccccc32)C1CO. The number of nitrogens with one attached hydrogen (secondary N) is 1. The van der Waals surface area contributed by atoms with Gasteiger partial charge in [-0.25, -0.2) is 0 Å². The van der Waals surface area contributed by atoms with Gasteiger partial charge in [-0.1, -0.05) is 25.1 Å². The van der Waals surface area contributed by atoms with Crippen molar-refractivity contribution in [1.29, 1.82) is 0 Å². The van der Waals surface area contributed by atoms with Crippen LogP contribution in [0.4, 0.5) is 0 Å². The van der Waals surface area contributed by atoms with E-state index in [2.05, 4.69) is 17.1 Å². The monoisotopic (exact) mass is 318 g/mol. The van der Waals surface area contributed by atoms with E-state index in [9.17, 15) is 9.90 Å². The summed E-state index contributed by atoms with van der Waals surface area (Å²) in [4.78, 5) is 14.6. The molecular weight excluding hydrogens is 292 g/mol. The van der Waals surface area contributed by atoms with Gasteiger partial charge < -0.3 is 15.2 Å². The normalized spacial score (nSPS) is 27.8. The van der Waals surface area contributed by atoms with E-state index in [1.54, 1.807) is 0 Å². The molecule has 3 unspecified atom stereocenters. The highest BCUT2D eigenvalue weighted by molar-refractivity contribution is 5.78. The number of hydrogen-bond acceptors (Lipinski definition) is 4. The minimum Gasteiger partial charge on any atom is -0.493 e. The maximum Gasteiger partial charge on any atom is 0.234 e. The quantitative estimate of drug-likeness (QED) is 0.887. The summed E-state index contributed by atoms with van der Waals surface area (Å²) >= 11 is 0. The minimum atomic E-state index is 0.0160. The summed E-state index contributed by atoms with van der Waals surface area (Å²) in [5.41, 5.74) is 1.05. The third-order valence-corrected chi connectivity index (χ3v) is 5.06. The summed E-state index contributed by atoms with van der Waals surface area (Å²) in [5.74, 6) is 1.33. The Morgan fingerprint density at radius 1 is 1.39 bits per heavy atom. The van der Waals surface area contributed by atoms with E-state index < -0.39 is 0 Å². The van der Waals surface area contributed by atoms with Gasteiger partial charge in [0.25, 0.3) is 0 Å². The molecule has 1 fully saturated rings. The van der Waals surface area contributed by atoms with E-state index in [1.807, 2.05) is 24.3 Å². The van der Waals surface area contributed by atoms with Gasteiger partial charge >= 0.3 is 0 Å². The number of carbonyl (C=O) groups excluding carboxylic acids is 1. The molecule has 3 atom stereocenters. The standard InChI is InChI=1S/C18H26N2O3/c1-13-5-4-9-20(16(13)12-21)11-18(22)19-15-8-10-23-17-7-3-2-6-14(15)17/h2-3,6-7,13,15-16,21H,4-5,8-12H2,1H3,(H,19,22). The summed E-state index contributed by atoms with van der Waals surface area (Å²) in [6.45, 7) is 4.14. The average molecular weight is 318 g/mol. The molecule has 1 aromatic carbocycles. The molecule has 1 amide bonds. The number of fused-ring (bicyclic) bond motifs is 1. The summed E-state index contributed by atoms with van der Waals surface area (Å²) in [6.07, 6.45) is 3.00. The second kappa shape index (κ2) is 7.32. The van der Waals surface area contributed by atoms with Crippen LogP contribution in [-0.2, 0) is 4.79 Å². The number of amides is 1. The van der Waals surface area contributed by atoms with Gasteiger partial charge in [0.05, 0.1) is 25.8 Å². The van der Waals surface area contributed by atoms with Crippen LogP contribution in [0.1, 0.15) is 37.8 Å². The zero-order chi connectivity index (χ0) is 16.2. The van der Waals surface area contributed by atoms with Crippen LogP contribution in [0, 0.1) is 5.92 Å². The van der Waals surface area contributed by atoms with Crippen LogP contribution in [0.5, 0.6) is 5.75 Å². The fourth-order valence-electron chi connectivity index (χ4n) is 3.74. The van der Waals surface area contributed by atoms with Crippen molar-refractivity contribution in [3.8, 4) is 5.75 Å². The average Bonchev–Trinajstić information content (AvgIpc) is 2.55. The summed E-state index contributed by atoms with van der Waals surface area (Å²) in [7, 11) is 0. The highest BCUT2D eigenvalue weighted by Gasteiger charge is 2.30. The van der Waals surface area contributed by atoms with Crippen LogP contribution in [0.3, 0.4) is 0 Å². The molecule has 0 aromatic heterocycles. The molecular formula is C18H26N2O3. The van der Waals surface area contributed by atoms with Crippen molar-refractivity contribution < 1.29 is 14.6 Å². The predicted molar refractivity (Wildman–Crippen MR) is 88.3 cm³/mol. The zero-order valence-electron chi connectivity index (χ0n) is 13.7. The molecule has 3 rings (SSSR count). The van der Waals surface area contributed by atoms with Crippen molar-refractivity contribution >= 4 is 5.91 Å². The fraction of sp³-hybridized carbons (Fsp3) is 0.611. The molecule has 0 spiro atoms. The Morgan fingerprint density at radius 3 is 3.04 bits per heavy atom. The number of hydrogen-bond donors (Lipinski definition) is 2. The molecule has 2 aliphatic rings. The number of carbonyl (C=O) groups is 1. The molecule has 0 aliphatic carbocycles. The first-order chi connectivity index (χ1) is 11.2. The van der Waals surface area contributed by atoms with Crippen LogP contribution in [0.25, 0.3) is 0 Å². The van der Waals surface area contributed by atoms with Crippen molar-refractivity contribution in [1.82, 2.24) is 10.2 Å². The second-order valence-electron chi connectivity index (χ2n) is 6.63. The van der Waals surface area contributed by atoms with Crippen molar-refractivity contribution in [2.75, 3.05) is 26.3 Å². The van der Waals surface area contributed by atoms with E-state index in [0.29, 0.717) is 19.1 Å². The Kier molecular flexibility index (Phi) is 5.18. The third kappa shape index (κ3) is 3.67. The number of likely N-dealkylation sites (tertiary alicyclic amines) is 1. The Hall–Kier alpha value is -1.59. The van der Waals surface area contributed by atoms with Crippen molar-refractivity contribution in [3.05, 3.63) is 29.8 Å². The number of ether oxygens (including phenoxy) is 1. The van der Waals surface area contributed by atoms with Gasteiger partial charge in [0.15, 0.2) is 0 Å². The molecule has 2 N–H and O–H groups in total. The molecule has 5 nitrogen and oxygen atoms in total. The first-order valence-electron chi connectivity index (χ1n) is 8.55. The predicted octanol–water partition coefficient (Wildman–Crippen LogP) is 1.72. The first kappa shape index (κ1) is 16.3. The Morgan fingerprint density at radius 2 is 2.22 bits per heavy atom. The van der Waals surface area contributed by atoms with Crippen LogP contribution in [0.2, 0.25) is 0 Å². The minimum absolute atomic E-state index is 0.0160. The Labute approximate surface area is 137 Å². The fourth-order valence-corrected chi connectivity index (χ4v) is 3.74. The zero-order valence-corrected chi connectivity index (χ0v) is 13.7. The molecule has 5 heteroatoms. The summed E-state index contributed by atoms with van der Waals surface area (Å²) < 4.78 is 5.64. The molecule has 2 aliphatic heterocycles. The second-order valence-corrected chi connectivity index (χ2v) is 6.63. The molecule has 0 bridgehead atoms. The van der Waals surface area contributed by atoms with E-state index >= 15 is 0 Å². The molecule has 2 heterocycles. The van der Waals surface area contributed by atoms with Crippen LogP contribution >= 0.6 is 0 Å². The molecule has 23 heavy (non-hydrogen) atoms. The van der Waals surface area contributed by atoms with E-state index in [0.717, 1.165) is 37.1 Å². The van der Waals surface area contributed by atoms with E-state index in [-0.39, 0.29) is 24.6 Å². The van der Waals surface area contributed by atoms with Gasteiger partial charge in [0.1, 0.15) is 5.75 Å². The van der Waals surface area contributed by atoms with Gasteiger partial charge in [0, 0.05) is 18.0 Å². The highest BCUT2D eigenvalue weighted by atomic mass is 16.5. The van der Waals surface area contributed by atoms with E-state index in [4.69, 9.17) is 4.74 Å². The highest BCUT2D eigenvalue weighted by Crippen LogP contribution is 2.31. The summed E-state index contributed by atoms with van der Waals surface area (Å²) in [5, 5.41) is 12.7. The first-order valence-corrected chi connectivity index (χ1v) is 8.55. The van der Waals surface area contributed by atoms with Crippen LogP contribution < -0.4 is 10.1 Å². The number of rotatable bonds is 4. The largest absolute Gasteiger partial charge is 0.493 e. The van der Waals surface area contributed by atoms with Crippen LogP contribution in [-0.4, -0.2) is 48.3 Å².